The smallest absolute Gasteiger partial charge is 0.430 e. The number of aliphatic carboxylic acids is 1. The van der Waals surface area contributed by atoms with Crippen molar-refractivity contribution in [2.24, 2.45) is 0 Å². The maximum Gasteiger partial charge on any atom is 0.430 e. The summed E-state index contributed by atoms with van der Waals surface area (Å²) in [7, 11) is 0. The number of amides is 1. The van der Waals surface area contributed by atoms with Crippen LogP contribution in [0.1, 0.15) is 29.7 Å². The van der Waals surface area contributed by atoms with Gasteiger partial charge in [-0.25, -0.2) is 4.57 Å². The van der Waals surface area contributed by atoms with E-state index in [0.717, 1.165) is 40.9 Å². The number of carbonyl (C=O) groups is 2. The van der Waals surface area contributed by atoms with Crippen LogP contribution in [0.2, 0.25) is 10.0 Å². The summed E-state index contributed by atoms with van der Waals surface area (Å²) in [5.74, 6) is -2.85. The van der Waals surface area contributed by atoms with E-state index in [0.29, 0.717) is 11.4 Å². The fourth-order valence-electron chi connectivity index (χ4n) is 3.91. The zero-order valence-electron chi connectivity index (χ0n) is 19.6. The molecule has 0 radical (unpaired) electrons. The molecule has 2 atom stereocenters. The van der Waals surface area contributed by atoms with Gasteiger partial charge >= 0.3 is 11.3 Å². The largest absolute Gasteiger partial charge is 0.542 e. The normalized spacial score (nSPS) is 14.0. The van der Waals surface area contributed by atoms with Crippen LogP contribution in [0.25, 0.3) is 0 Å². The molecule has 198 valence electrons. The highest BCUT2D eigenvalue weighted by atomic mass is 35.5. The molecule has 1 aliphatic heterocycles. The van der Waals surface area contributed by atoms with Crippen molar-refractivity contribution >= 4 is 51.5 Å². The quantitative estimate of drug-likeness (QED) is 0.416. The molecule has 0 spiro atoms. The molecule has 12 heteroatoms. The van der Waals surface area contributed by atoms with E-state index in [1.807, 2.05) is 48.5 Å². The molecule has 0 fully saturated rings. The first kappa shape index (κ1) is 28.7. The molecule has 37 heavy (non-hydrogen) atoms. The number of thiazole rings is 1. The van der Waals surface area contributed by atoms with E-state index in [2.05, 4.69) is 27.5 Å². The number of alkyl halides is 3. The van der Waals surface area contributed by atoms with E-state index in [-0.39, 0.29) is 17.9 Å². The molecule has 1 amide bonds. The maximum atomic E-state index is 12.8. The van der Waals surface area contributed by atoms with Gasteiger partial charge in [0.2, 0.25) is 5.91 Å². The number of carboxylic acids is 1. The van der Waals surface area contributed by atoms with E-state index in [1.165, 1.54) is 5.56 Å². The fourth-order valence-corrected chi connectivity index (χ4v) is 5.14. The minimum Gasteiger partial charge on any atom is -0.542 e. The molecule has 2 aromatic carbocycles. The lowest BCUT2D eigenvalue weighted by atomic mass is 9.86. The number of carbonyl (C=O) groups excluding carboxylic acids is 2. The first-order valence-corrected chi connectivity index (χ1v) is 12.9. The van der Waals surface area contributed by atoms with Gasteiger partial charge in [0.15, 0.2) is 0 Å². The van der Waals surface area contributed by atoms with E-state index < -0.39 is 12.1 Å². The average Bonchev–Trinajstić information content (AvgIpc) is 3.44. The van der Waals surface area contributed by atoms with Crippen LogP contribution in [0.15, 0.2) is 53.9 Å². The van der Waals surface area contributed by atoms with E-state index in [1.54, 1.807) is 11.3 Å². The molecule has 0 saturated carbocycles. The molecule has 0 saturated heterocycles. The van der Waals surface area contributed by atoms with E-state index >= 15 is 0 Å². The standard InChI is InChI=1S/C23H23Cl2N3OS.C2HF3O2/c1-15(27-22(29)13-20-14-30-23-26-10-11-28(20)23)21(17-4-8-19(25)9-5-17)12-16-2-6-18(24)7-3-16;3-2(4,5)1(6)7/h2-9,14-15,21H,10-13H2,1H3,(H,27,29);(H,6,7)/t15-,21+;/m1./s1. The first-order chi connectivity index (χ1) is 17.4. The summed E-state index contributed by atoms with van der Waals surface area (Å²) in [5.41, 5.74) is 3.39. The Balaban J connectivity index is 0.000000479. The molecule has 6 nitrogen and oxygen atoms in total. The van der Waals surface area contributed by atoms with Crippen molar-refractivity contribution in [2.75, 3.05) is 11.9 Å². The lowest BCUT2D eigenvalue weighted by Crippen LogP contribution is -2.41. The van der Waals surface area contributed by atoms with Gasteiger partial charge in [0.25, 0.3) is 0 Å². The highest BCUT2D eigenvalue weighted by Crippen LogP contribution is 2.27. The Labute approximate surface area is 226 Å². The lowest BCUT2D eigenvalue weighted by Gasteiger charge is -2.26. The van der Waals surface area contributed by atoms with Gasteiger partial charge in [-0.1, -0.05) is 58.8 Å². The molecule has 3 aromatic rings. The van der Waals surface area contributed by atoms with Crippen molar-refractivity contribution in [3.8, 4) is 0 Å². The van der Waals surface area contributed by atoms with Crippen molar-refractivity contribution < 1.29 is 32.4 Å². The van der Waals surface area contributed by atoms with Gasteiger partial charge in [0.1, 0.15) is 24.8 Å². The SMILES string of the molecule is C[C@@H](NC(=O)Cc1csc2[n+]1CCN2)[C@H](Cc1ccc(Cl)cc1)c1ccc(Cl)cc1.O=C([O-])C(F)(F)F. The summed E-state index contributed by atoms with van der Waals surface area (Å²) in [6.07, 6.45) is -4.01. The van der Waals surface area contributed by atoms with Crippen LogP contribution in [-0.4, -0.2) is 30.6 Å². The van der Waals surface area contributed by atoms with E-state index in [9.17, 15) is 18.0 Å². The minimum atomic E-state index is -5.19. The Kier molecular flexibility index (Phi) is 9.80. The monoisotopic (exact) mass is 573 g/mol. The third kappa shape index (κ3) is 8.34. The summed E-state index contributed by atoms with van der Waals surface area (Å²) in [6, 6.07) is 15.7. The van der Waals surface area contributed by atoms with Crippen molar-refractivity contribution in [2.45, 2.75) is 44.4 Å². The van der Waals surface area contributed by atoms with Gasteiger partial charge in [-0.3, -0.25) is 10.1 Å². The van der Waals surface area contributed by atoms with Crippen molar-refractivity contribution in [1.29, 1.82) is 0 Å². The first-order valence-electron chi connectivity index (χ1n) is 11.3. The van der Waals surface area contributed by atoms with Crippen molar-refractivity contribution in [1.82, 2.24) is 5.32 Å². The van der Waals surface area contributed by atoms with Crippen LogP contribution in [0.4, 0.5) is 18.3 Å². The van der Waals surface area contributed by atoms with Gasteiger partial charge in [0.05, 0.1) is 6.42 Å². The van der Waals surface area contributed by atoms with Crippen molar-refractivity contribution in [3.05, 3.63) is 80.8 Å². The Hall–Kier alpha value is -2.82. The second-order valence-electron chi connectivity index (χ2n) is 8.42. The van der Waals surface area contributed by atoms with Crippen LogP contribution in [0.5, 0.6) is 0 Å². The molecule has 1 aromatic heterocycles. The van der Waals surface area contributed by atoms with Crippen molar-refractivity contribution in [3.63, 3.8) is 0 Å². The Morgan fingerprint density at radius 3 is 2.24 bits per heavy atom. The second-order valence-corrected chi connectivity index (χ2v) is 10.1. The molecule has 2 N–H and O–H groups in total. The highest BCUT2D eigenvalue weighted by Gasteiger charge is 2.29. The van der Waals surface area contributed by atoms with Gasteiger partial charge in [-0.15, -0.1) is 0 Å². The Bertz CT molecular complexity index is 1220. The number of rotatable bonds is 7. The third-order valence-electron chi connectivity index (χ3n) is 5.74. The summed E-state index contributed by atoms with van der Waals surface area (Å²) in [4.78, 5) is 21.6. The number of anilines is 1. The van der Waals surface area contributed by atoms with Crippen LogP contribution in [0.3, 0.4) is 0 Å². The van der Waals surface area contributed by atoms with Gasteiger partial charge in [-0.05, 0) is 48.7 Å². The van der Waals surface area contributed by atoms with Gasteiger partial charge in [0, 0.05) is 27.4 Å². The lowest BCUT2D eigenvalue weighted by molar-refractivity contribution is -0.673. The van der Waals surface area contributed by atoms with Crippen LogP contribution in [0, 0.1) is 0 Å². The van der Waals surface area contributed by atoms with Gasteiger partial charge in [-0.2, -0.15) is 13.2 Å². The highest BCUT2D eigenvalue weighted by molar-refractivity contribution is 7.13. The maximum absolute atomic E-state index is 12.8. The summed E-state index contributed by atoms with van der Waals surface area (Å²) in [5, 5.41) is 20.0. The molecule has 1 aliphatic rings. The van der Waals surface area contributed by atoms with Crippen LogP contribution in [-0.2, 0) is 29.0 Å². The number of halogens is 5. The number of benzene rings is 2. The predicted octanol–water partition coefficient (Wildman–Crippen LogP) is 4.14. The molecular formula is C25H24Cl2F3N3O3S. The molecule has 2 heterocycles. The van der Waals surface area contributed by atoms with Crippen LogP contribution >= 0.6 is 34.5 Å². The zero-order chi connectivity index (χ0) is 27.2. The molecule has 4 rings (SSSR count). The number of nitrogens with zero attached hydrogens (tertiary/aromatic N) is 1. The fraction of sp³-hybridized carbons (Fsp3) is 0.320. The predicted molar refractivity (Wildman–Crippen MR) is 135 cm³/mol. The number of hydrogen-bond donors (Lipinski definition) is 2. The number of carboxylic acid groups (broad SMARTS) is 1. The Morgan fingerprint density at radius 1 is 1.11 bits per heavy atom. The third-order valence-corrected chi connectivity index (χ3v) is 7.22. The number of aromatic nitrogens is 1. The summed E-state index contributed by atoms with van der Waals surface area (Å²) >= 11 is 13.8. The molecule has 0 bridgehead atoms. The number of hydrogen-bond acceptors (Lipinski definition) is 5. The Morgan fingerprint density at radius 2 is 1.68 bits per heavy atom. The topological polar surface area (TPSA) is 85.1 Å². The van der Waals surface area contributed by atoms with E-state index in [4.69, 9.17) is 33.1 Å². The zero-order valence-corrected chi connectivity index (χ0v) is 22.0. The van der Waals surface area contributed by atoms with Crippen LogP contribution < -0.4 is 20.3 Å². The average molecular weight is 574 g/mol. The second kappa shape index (κ2) is 12.6. The molecule has 0 aliphatic carbocycles. The summed E-state index contributed by atoms with van der Waals surface area (Å²) < 4.78 is 33.7. The number of nitrogens with one attached hydrogen (secondary N) is 2. The summed E-state index contributed by atoms with van der Waals surface area (Å²) in [6.45, 7) is 3.91. The van der Waals surface area contributed by atoms with Gasteiger partial charge < -0.3 is 15.2 Å². The minimum absolute atomic E-state index is 0.0378. The molecule has 0 unspecified atom stereocenters. The molecular weight excluding hydrogens is 550 g/mol. The number of fused-ring (bicyclic) bond motifs is 1.